The number of rotatable bonds is 8. The van der Waals surface area contributed by atoms with Crippen LogP contribution in [0.3, 0.4) is 0 Å². The van der Waals surface area contributed by atoms with Crippen LogP contribution in [0.4, 0.5) is 5.69 Å². The van der Waals surface area contributed by atoms with Gasteiger partial charge in [-0.25, -0.2) is 0 Å². The van der Waals surface area contributed by atoms with Crippen molar-refractivity contribution in [2.75, 3.05) is 32.8 Å². The lowest BCUT2D eigenvalue weighted by atomic mass is 10.2. The van der Waals surface area contributed by atoms with Gasteiger partial charge in [0.25, 0.3) is 5.91 Å². The predicted octanol–water partition coefficient (Wildman–Crippen LogP) is 3.12. The Morgan fingerprint density at radius 1 is 0.958 bits per heavy atom. The smallest absolute Gasteiger partial charge is 0.262 e. The second kappa shape index (κ2) is 8.67. The van der Waals surface area contributed by atoms with Gasteiger partial charge in [0.2, 0.25) is 0 Å². The molecular formula is C18H21NO5. The van der Waals surface area contributed by atoms with Crippen molar-refractivity contribution in [3.8, 4) is 23.0 Å². The van der Waals surface area contributed by atoms with Crippen LogP contribution < -0.4 is 24.3 Å². The van der Waals surface area contributed by atoms with Gasteiger partial charge in [-0.15, -0.1) is 0 Å². The zero-order valence-electron chi connectivity index (χ0n) is 14.0. The molecule has 0 aliphatic heterocycles. The number of carbonyl (C=O) groups is 1. The molecule has 0 spiro atoms. The van der Waals surface area contributed by atoms with Crippen molar-refractivity contribution < 1.29 is 23.7 Å². The summed E-state index contributed by atoms with van der Waals surface area (Å²) < 4.78 is 21.2. The van der Waals surface area contributed by atoms with Gasteiger partial charge < -0.3 is 24.3 Å². The average molecular weight is 331 g/mol. The van der Waals surface area contributed by atoms with Crippen molar-refractivity contribution in [2.45, 2.75) is 6.92 Å². The molecule has 0 aliphatic carbocycles. The fourth-order valence-electron chi connectivity index (χ4n) is 2.08. The largest absolute Gasteiger partial charge is 0.494 e. The zero-order valence-corrected chi connectivity index (χ0v) is 14.0. The van der Waals surface area contributed by atoms with Gasteiger partial charge in [0.1, 0.15) is 11.5 Å². The topological polar surface area (TPSA) is 66.0 Å². The molecule has 24 heavy (non-hydrogen) atoms. The third-order valence-electron chi connectivity index (χ3n) is 3.15. The minimum Gasteiger partial charge on any atom is -0.494 e. The molecule has 128 valence electrons. The summed E-state index contributed by atoms with van der Waals surface area (Å²) in [5.74, 6) is 2.14. The molecule has 0 heterocycles. The van der Waals surface area contributed by atoms with E-state index in [-0.39, 0.29) is 12.5 Å². The molecule has 0 fully saturated rings. The first-order valence-corrected chi connectivity index (χ1v) is 7.53. The molecule has 6 nitrogen and oxygen atoms in total. The second-order valence-corrected chi connectivity index (χ2v) is 4.81. The molecule has 2 aromatic rings. The van der Waals surface area contributed by atoms with E-state index >= 15 is 0 Å². The molecule has 0 unspecified atom stereocenters. The fraction of sp³-hybridized carbons (Fsp3) is 0.278. The minimum atomic E-state index is -0.274. The van der Waals surface area contributed by atoms with E-state index in [1.807, 2.05) is 19.1 Å². The number of anilines is 1. The monoisotopic (exact) mass is 331 g/mol. The van der Waals surface area contributed by atoms with Crippen molar-refractivity contribution >= 4 is 11.6 Å². The van der Waals surface area contributed by atoms with Gasteiger partial charge in [0.15, 0.2) is 18.1 Å². The summed E-state index contributed by atoms with van der Waals surface area (Å²) in [7, 11) is 3.10. The molecule has 2 rings (SSSR count). The Balaban J connectivity index is 1.92. The lowest BCUT2D eigenvalue weighted by Crippen LogP contribution is -2.20. The van der Waals surface area contributed by atoms with Gasteiger partial charge in [-0.2, -0.15) is 0 Å². The Morgan fingerprint density at radius 3 is 2.33 bits per heavy atom. The molecule has 0 saturated carbocycles. The van der Waals surface area contributed by atoms with Gasteiger partial charge in [-0.05, 0) is 31.2 Å². The molecule has 1 N–H and O–H groups in total. The van der Waals surface area contributed by atoms with E-state index in [0.717, 1.165) is 0 Å². The normalized spacial score (nSPS) is 9.96. The highest BCUT2D eigenvalue weighted by molar-refractivity contribution is 5.92. The highest BCUT2D eigenvalue weighted by Gasteiger charge is 2.08. The third-order valence-corrected chi connectivity index (χ3v) is 3.15. The van der Waals surface area contributed by atoms with E-state index < -0.39 is 0 Å². The first-order chi connectivity index (χ1) is 11.7. The summed E-state index contributed by atoms with van der Waals surface area (Å²) in [5.41, 5.74) is 0.601. The highest BCUT2D eigenvalue weighted by Crippen LogP contribution is 2.29. The predicted molar refractivity (Wildman–Crippen MR) is 91.3 cm³/mol. The van der Waals surface area contributed by atoms with Gasteiger partial charge in [-0.3, -0.25) is 4.79 Å². The summed E-state index contributed by atoms with van der Waals surface area (Å²) in [6.07, 6.45) is 0. The van der Waals surface area contributed by atoms with Crippen molar-refractivity contribution in [3.63, 3.8) is 0 Å². The molecule has 0 aromatic heterocycles. The molecule has 2 aromatic carbocycles. The number of carbonyl (C=O) groups excluding carboxylic acids is 1. The summed E-state index contributed by atoms with van der Waals surface area (Å²) in [6, 6.07) is 12.3. The number of hydrogen-bond acceptors (Lipinski definition) is 5. The van der Waals surface area contributed by atoms with Crippen LogP contribution in [0.15, 0.2) is 42.5 Å². The molecule has 0 bridgehead atoms. The van der Waals surface area contributed by atoms with Gasteiger partial charge in [0, 0.05) is 17.8 Å². The minimum absolute atomic E-state index is 0.107. The van der Waals surface area contributed by atoms with Crippen LogP contribution in [0.25, 0.3) is 0 Å². The molecule has 0 radical (unpaired) electrons. The van der Waals surface area contributed by atoms with Crippen molar-refractivity contribution in [3.05, 3.63) is 42.5 Å². The van der Waals surface area contributed by atoms with Crippen molar-refractivity contribution in [1.29, 1.82) is 0 Å². The Kier molecular flexibility index (Phi) is 6.31. The Hall–Kier alpha value is -2.89. The summed E-state index contributed by atoms with van der Waals surface area (Å²) >= 11 is 0. The van der Waals surface area contributed by atoms with Gasteiger partial charge >= 0.3 is 0 Å². The number of ether oxygens (including phenoxy) is 4. The van der Waals surface area contributed by atoms with Crippen LogP contribution in [-0.2, 0) is 4.79 Å². The first-order valence-electron chi connectivity index (χ1n) is 7.53. The quantitative estimate of drug-likeness (QED) is 0.805. The molecule has 0 saturated heterocycles. The fourth-order valence-corrected chi connectivity index (χ4v) is 2.08. The number of amides is 1. The number of hydrogen-bond donors (Lipinski definition) is 1. The maximum atomic E-state index is 12.0. The number of methoxy groups -OCH3 is 2. The van der Waals surface area contributed by atoms with Crippen molar-refractivity contribution in [1.82, 2.24) is 0 Å². The van der Waals surface area contributed by atoms with Gasteiger partial charge in [0.05, 0.1) is 20.8 Å². The third kappa shape index (κ3) is 4.81. The Morgan fingerprint density at radius 2 is 1.67 bits per heavy atom. The average Bonchev–Trinajstić information content (AvgIpc) is 2.60. The lowest BCUT2D eigenvalue weighted by Gasteiger charge is -2.11. The first kappa shape index (κ1) is 17.5. The number of benzene rings is 2. The SMILES string of the molecule is CCOc1cccc(OCC(=O)Nc2ccc(OC)c(OC)c2)c1. The highest BCUT2D eigenvalue weighted by atomic mass is 16.5. The van der Waals surface area contributed by atoms with Crippen LogP contribution in [0.2, 0.25) is 0 Å². The van der Waals surface area contributed by atoms with E-state index in [4.69, 9.17) is 18.9 Å². The summed E-state index contributed by atoms with van der Waals surface area (Å²) in [6.45, 7) is 2.37. The van der Waals surface area contributed by atoms with Crippen LogP contribution in [-0.4, -0.2) is 33.3 Å². The van der Waals surface area contributed by atoms with E-state index in [2.05, 4.69) is 5.32 Å². The molecule has 0 atom stereocenters. The molecular weight excluding hydrogens is 310 g/mol. The lowest BCUT2D eigenvalue weighted by molar-refractivity contribution is -0.118. The molecule has 0 aliphatic rings. The van der Waals surface area contributed by atoms with Crippen LogP contribution in [0, 0.1) is 0 Å². The molecule has 1 amide bonds. The molecule has 6 heteroatoms. The zero-order chi connectivity index (χ0) is 17.4. The maximum Gasteiger partial charge on any atom is 0.262 e. The maximum absolute atomic E-state index is 12.0. The van der Waals surface area contributed by atoms with Crippen LogP contribution in [0.1, 0.15) is 6.92 Å². The summed E-state index contributed by atoms with van der Waals surface area (Å²) in [5, 5.41) is 2.75. The second-order valence-electron chi connectivity index (χ2n) is 4.81. The Labute approximate surface area is 141 Å². The van der Waals surface area contributed by atoms with E-state index in [1.165, 1.54) is 7.11 Å². The van der Waals surface area contributed by atoms with E-state index in [9.17, 15) is 4.79 Å². The van der Waals surface area contributed by atoms with E-state index in [1.54, 1.807) is 37.4 Å². The standard InChI is InChI=1S/C18H21NO5/c1-4-23-14-6-5-7-15(11-14)24-12-18(20)19-13-8-9-16(21-2)17(10-13)22-3/h5-11H,4,12H2,1-3H3,(H,19,20). The number of nitrogens with one attached hydrogen (secondary N) is 1. The van der Waals surface area contributed by atoms with Crippen molar-refractivity contribution in [2.24, 2.45) is 0 Å². The van der Waals surface area contributed by atoms with Gasteiger partial charge in [-0.1, -0.05) is 6.07 Å². The van der Waals surface area contributed by atoms with Crippen LogP contribution >= 0.6 is 0 Å². The van der Waals surface area contributed by atoms with E-state index in [0.29, 0.717) is 35.3 Å². The Bertz CT molecular complexity index is 687. The van der Waals surface area contributed by atoms with Crippen LogP contribution in [0.5, 0.6) is 23.0 Å². The summed E-state index contributed by atoms with van der Waals surface area (Å²) in [4.78, 5) is 12.0.